The molecule has 0 saturated heterocycles. The number of benzene rings is 3. The summed E-state index contributed by atoms with van der Waals surface area (Å²) in [7, 11) is 3.31. The van der Waals surface area contributed by atoms with Crippen LogP contribution in [0.1, 0.15) is 55.2 Å². The average Bonchev–Trinajstić information content (AvgIpc) is 2.96. The third kappa shape index (κ3) is 7.55. The van der Waals surface area contributed by atoms with Crippen LogP contribution in [-0.2, 0) is 10.3 Å². The van der Waals surface area contributed by atoms with Gasteiger partial charge in [-0.25, -0.2) is 0 Å². The molecular weight excluding hydrogens is 468 g/mol. The maximum absolute atomic E-state index is 10.2. The van der Waals surface area contributed by atoms with E-state index in [1.54, 1.807) is 14.2 Å². The molecule has 0 saturated carbocycles. The molecule has 0 aliphatic heterocycles. The molecule has 0 aliphatic carbocycles. The molecule has 0 aliphatic rings. The molecule has 0 spiro atoms. The van der Waals surface area contributed by atoms with Gasteiger partial charge in [-0.05, 0) is 66.6 Å². The third-order valence-electron chi connectivity index (χ3n) is 6.74. The largest absolute Gasteiger partial charge is 0.497 e. The van der Waals surface area contributed by atoms with Crippen molar-refractivity contribution >= 4 is 0 Å². The van der Waals surface area contributed by atoms with E-state index in [-0.39, 0.29) is 6.61 Å². The van der Waals surface area contributed by atoms with Gasteiger partial charge >= 0.3 is 0 Å². The van der Waals surface area contributed by atoms with Crippen molar-refractivity contribution in [2.75, 3.05) is 27.4 Å². The Morgan fingerprint density at radius 3 is 1.59 bits per heavy atom. The number of aliphatic hydroxyl groups excluding tert-OH is 3. The Labute approximate surface area is 220 Å². The van der Waals surface area contributed by atoms with Crippen molar-refractivity contribution < 1.29 is 29.5 Å². The van der Waals surface area contributed by atoms with Crippen molar-refractivity contribution in [1.29, 1.82) is 0 Å². The summed E-state index contributed by atoms with van der Waals surface area (Å²) in [6.45, 7) is 0.531. The summed E-state index contributed by atoms with van der Waals surface area (Å²) in [5.41, 5.74) is 2.17. The summed E-state index contributed by atoms with van der Waals surface area (Å²) in [6.07, 6.45) is 2.31. The van der Waals surface area contributed by atoms with Crippen LogP contribution in [-0.4, -0.2) is 55.0 Å². The van der Waals surface area contributed by atoms with Crippen LogP contribution in [0.25, 0.3) is 0 Å². The topological polar surface area (TPSA) is 88.4 Å². The molecule has 6 nitrogen and oxygen atoms in total. The van der Waals surface area contributed by atoms with Gasteiger partial charge in [0.05, 0.1) is 26.4 Å². The van der Waals surface area contributed by atoms with Crippen LogP contribution >= 0.6 is 0 Å². The predicted molar refractivity (Wildman–Crippen MR) is 145 cm³/mol. The average molecular weight is 509 g/mol. The van der Waals surface area contributed by atoms with Gasteiger partial charge in [0.15, 0.2) is 0 Å². The third-order valence-corrected chi connectivity index (χ3v) is 6.74. The summed E-state index contributed by atoms with van der Waals surface area (Å²) in [4.78, 5) is 0. The van der Waals surface area contributed by atoms with E-state index in [9.17, 15) is 10.2 Å². The molecule has 37 heavy (non-hydrogen) atoms. The van der Waals surface area contributed by atoms with Gasteiger partial charge in [0.1, 0.15) is 17.1 Å². The number of aliphatic hydroxyl groups is 3. The monoisotopic (exact) mass is 508 g/mol. The van der Waals surface area contributed by atoms with Gasteiger partial charge in [-0.3, -0.25) is 0 Å². The van der Waals surface area contributed by atoms with Gasteiger partial charge in [0.25, 0.3) is 0 Å². The standard InChI is InChI=1S/C31H40O6/c1-35-27-18-14-25(15-19-27)31(24-10-5-3-6-11-24,26-16-20-28(36-2)21-17-26)37-23-8-4-7-12-29(33)30(34)13-9-22-32/h3,5-6,10-11,14-21,29-30,32-34H,4,7-9,12-13,22-23H2,1-2H3. The number of ether oxygens (including phenoxy) is 3. The van der Waals surface area contributed by atoms with Crippen molar-refractivity contribution in [3.8, 4) is 11.5 Å². The van der Waals surface area contributed by atoms with E-state index >= 15 is 0 Å². The number of methoxy groups -OCH3 is 2. The summed E-state index contributed by atoms with van der Waals surface area (Å²) in [6, 6.07) is 26.2. The van der Waals surface area contributed by atoms with E-state index in [0.717, 1.165) is 47.5 Å². The zero-order valence-electron chi connectivity index (χ0n) is 21.9. The lowest BCUT2D eigenvalue weighted by Gasteiger charge is -2.36. The van der Waals surface area contributed by atoms with Gasteiger partial charge < -0.3 is 29.5 Å². The first kappa shape index (κ1) is 28.7. The molecule has 0 aromatic heterocycles. The van der Waals surface area contributed by atoms with E-state index in [1.165, 1.54) is 0 Å². The maximum atomic E-state index is 10.2. The zero-order valence-corrected chi connectivity index (χ0v) is 21.9. The van der Waals surface area contributed by atoms with E-state index in [2.05, 4.69) is 12.1 Å². The van der Waals surface area contributed by atoms with Crippen molar-refractivity contribution in [3.05, 3.63) is 95.6 Å². The summed E-state index contributed by atoms with van der Waals surface area (Å²) < 4.78 is 17.6. The first-order valence-corrected chi connectivity index (χ1v) is 13.0. The fourth-order valence-electron chi connectivity index (χ4n) is 4.62. The van der Waals surface area contributed by atoms with E-state index in [4.69, 9.17) is 19.3 Å². The van der Waals surface area contributed by atoms with Gasteiger partial charge in [-0.1, -0.05) is 67.4 Å². The second kappa shape index (κ2) is 14.7. The van der Waals surface area contributed by atoms with E-state index < -0.39 is 17.8 Å². The first-order chi connectivity index (χ1) is 18.0. The predicted octanol–water partition coefficient (Wildman–Crippen LogP) is 5.07. The number of hydrogen-bond donors (Lipinski definition) is 3. The van der Waals surface area contributed by atoms with Crippen LogP contribution in [0.3, 0.4) is 0 Å². The maximum Gasteiger partial charge on any atom is 0.143 e. The second-order valence-electron chi connectivity index (χ2n) is 9.20. The van der Waals surface area contributed by atoms with Crippen LogP contribution < -0.4 is 9.47 Å². The molecule has 0 heterocycles. The lowest BCUT2D eigenvalue weighted by Crippen LogP contribution is -2.33. The highest BCUT2D eigenvalue weighted by molar-refractivity contribution is 5.49. The van der Waals surface area contributed by atoms with Crippen LogP contribution in [0.2, 0.25) is 0 Å². The minimum absolute atomic E-state index is 0.0205. The Morgan fingerprint density at radius 2 is 1.11 bits per heavy atom. The Bertz CT molecular complexity index is 972. The van der Waals surface area contributed by atoms with Gasteiger partial charge in [0, 0.05) is 13.2 Å². The minimum atomic E-state index is -0.834. The van der Waals surface area contributed by atoms with Crippen molar-refractivity contribution in [2.45, 2.75) is 56.3 Å². The fourth-order valence-corrected chi connectivity index (χ4v) is 4.62. The lowest BCUT2D eigenvalue weighted by molar-refractivity contribution is 0.00102. The Morgan fingerprint density at radius 1 is 0.622 bits per heavy atom. The van der Waals surface area contributed by atoms with Crippen LogP contribution in [0.15, 0.2) is 78.9 Å². The minimum Gasteiger partial charge on any atom is -0.497 e. The molecule has 6 heteroatoms. The van der Waals surface area contributed by atoms with Crippen LogP contribution in [0.4, 0.5) is 0 Å². The summed E-state index contributed by atoms with van der Waals surface area (Å²) >= 11 is 0. The molecule has 3 rings (SSSR count). The van der Waals surface area contributed by atoms with Crippen molar-refractivity contribution in [2.24, 2.45) is 0 Å². The highest BCUT2D eigenvalue weighted by atomic mass is 16.5. The molecule has 0 amide bonds. The van der Waals surface area contributed by atoms with Crippen molar-refractivity contribution in [3.63, 3.8) is 0 Å². The zero-order chi connectivity index (χ0) is 26.5. The molecule has 0 radical (unpaired) electrons. The molecule has 3 aromatic rings. The molecule has 200 valence electrons. The van der Waals surface area contributed by atoms with Crippen LogP contribution in [0, 0.1) is 0 Å². The number of unbranched alkanes of at least 4 members (excludes halogenated alkanes) is 2. The highest BCUT2D eigenvalue weighted by Crippen LogP contribution is 2.41. The molecule has 3 aromatic carbocycles. The summed E-state index contributed by atoms with van der Waals surface area (Å²) in [5.74, 6) is 1.56. The number of hydrogen-bond acceptors (Lipinski definition) is 6. The quantitative estimate of drug-likeness (QED) is 0.185. The Kier molecular flexibility index (Phi) is 11.4. The fraction of sp³-hybridized carbons (Fsp3) is 0.419. The van der Waals surface area contributed by atoms with Crippen LogP contribution in [0.5, 0.6) is 11.5 Å². The van der Waals surface area contributed by atoms with E-state index in [1.807, 2.05) is 66.7 Å². The van der Waals surface area contributed by atoms with Crippen molar-refractivity contribution in [1.82, 2.24) is 0 Å². The summed E-state index contributed by atoms with van der Waals surface area (Å²) in [5, 5.41) is 29.1. The molecule has 3 N–H and O–H groups in total. The molecule has 0 fully saturated rings. The Balaban J connectivity index is 1.80. The second-order valence-corrected chi connectivity index (χ2v) is 9.20. The molecular formula is C31H40O6. The lowest BCUT2D eigenvalue weighted by atomic mass is 9.80. The molecule has 2 unspecified atom stereocenters. The first-order valence-electron chi connectivity index (χ1n) is 13.0. The van der Waals surface area contributed by atoms with Gasteiger partial charge in [-0.2, -0.15) is 0 Å². The molecule has 0 bridgehead atoms. The smallest absolute Gasteiger partial charge is 0.143 e. The Hall–Kier alpha value is -2.90. The molecule has 2 atom stereocenters. The van der Waals surface area contributed by atoms with E-state index in [0.29, 0.717) is 25.9 Å². The number of rotatable bonds is 16. The highest BCUT2D eigenvalue weighted by Gasteiger charge is 2.37. The van der Waals surface area contributed by atoms with Gasteiger partial charge in [-0.15, -0.1) is 0 Å². The van der Waals surface area contributed by atoms with Gasteiger partial charge in [0.2, 0.25) is 0 Å². The normalized spacial score (nSPS) is 13.2. The SMILES string of the molecule is COc1ccc(C(OCCCCCC(O)C(O)CCCO)(c2ccccc2)c2ccc(OC)cc2)cc1.